The van der Waals surface area contributed by atoms with Crippen molar-refractivity contribution in [2.75, 3.05) is 33.7 Å². The van der Waals surface area contributed by atoms with Crippen LogP contribution in [0.1, 0.15) is 84.3 Å². The number of amides is 1. The number of hydrogen-bond donors (Lipinski definition) is 1. The standard InChI is InChI=1S/C37H47N5O4S.CH2O2/c1-25-34(35(26(2)46-25)47(44,45)39(4)5)36(43)40-20-17-37(18-21-40,28-11-7-6-8-12-28)19-22-41-29-15-16-30(41)24-31(23-29)42-27(3)38-32-13-9-10-14-33(32)42;2-1-3/h6-14,29-31H,15-24H2,1-5H3;1H,(H,2,3)/t29-,30+,31?;. The van der Waals surface area contributed by atoms with Crippen molar-refractivity contribution in [1.82, 2.24) is 23.7 Å². The molecule has 2 bridgehead atoms. The third kappa shape index (κ3) is 6.49. The van der Waals surface area contributed by atoms with Crippen LogP contribution in [0.2, 0.25) is 0 Å². The molecule has 0 radical (unpaired) electrons. The molecule has 268 valence electrons. The van der Waals surface area contributed by atoms with Crippen LogP contribution >= 0.6 is 0 Å². The van der Waals surface area contributed by atoms with E-state index in [1.165, 1.54) is 38.0 Å². The summed E-state index contributed by atoms with van der Waals surface area (Å²) in [5.41, 5.74) is 3.79. The molecule has 3 saturated heterocycles. The van der Waals surface area contributed by atoms with E-state index in [1.807, 2.05) is 4.90 Å². The highest BCUT2D eigenvalue weighted by Crippen LogP contribution is 2.45. The number of nitrogens with zero attached hydrogens (tertiary/aromatic N) is 5. The van der Waals surface area contributed by atoms with Gasteiger partial charge in [-0.25, -0.2) is 17.7 Å². The zero-order chi connectivity index (χ0) is 35.8. The van der Waals surface area contributed by atoms with Crippen LogP contribution in [0.5, 0.6) is 0 Å². The van der Waals surface area contributed by atoms with Crippen LogP contribution in [-0.4, -0.2) is 95.4 Å². The van der Waals surface area contributed by atoms with Crippen molar-refractivity contribution in [1.29, 1.82) is 0 Å². The highest BCUT2D eigenvalue weighted by molar-refractivity contribution is 7.89. The molecule has 3 fully saturated rings. The summed E-state index contributed by atoms with van der Waals surface area (Å²) in [6.07, 6.45) is 7.50. The number of carbonyl (C=O) groups excluding carboxylic acids is 1. The number of likely N-dealkylation sites (tertiary alicyclic amines) is 1. The predicted molar refractivity (Wildman–Crippen MR) is 192 cm³/mol. The summed E-state index contributed by atoms with van der Waals surface area (Å²) in [6.45, 7) is 7.38. The number of benzene rings is 2. The molecular weight excluding hydrogens is 655 g/mol. The number of aryl methyl sites for hydroxylation is 3. The maximum Gasteiger partial charge on any atom is 0.290 e. The Kier molecular flexibility index (Phi) is 10.3. The summed E-state index contributed by atoms with van der Waals surface area (Å²) in [5, 5.41) is 6.89. The van der Waals surface area contributed by atoms with Gasteiger partial charge in [0.15, 0.2) is 0 Å². The maximum atomic E-state index is 14.0. The molecular formula is C38H49N5O6S. The molecule has 4 aromatic rings. The number of fused-ring (bicyclic) bond motifs is 3. The largest absolute Gasteiger partial charge is 0.483 e. The fraction of sp³-hybridized carbons (Fsp3) is 0.500. The molecule has 0 saturated carbocycles. The van der Waals surface area contributed by atoms with Crippen LogP contribution in [0.4, 0.5) is 0 Å². The van der Waals surface area contributed by atoms with Crippen molar-refractivity contribution in [2.45, 2.75) is 94.2 Å². The maximum absolute atomic E-state index is 14.0. The second kappa shape index (κ2) is 14.3. The van der Waals surface area contributed by atoms with Gasteiger partial charge >= 0.3 is 0 Å². The van der Waals surface area contributed by atoms with Gasteiger partial charge in [0.25, 0.3) is 12.4 Å². The summed E-state index contributed by atoms with van der Waals surface area (Å²) in [7, 11) is -0.879. The molecule has 3 aliphatic heterocycles. The van der Waals surface area contributed by atoms with Gasteiger partial charge in [0.1, 0.15) is 27.8 Å². The van der Waals surface area contributed by atoms with Crippen LogP contribution < -0.4 is 0 Å². The first-order valence-electron chi connectivity index (χ1n) is 17.6. The van der Waals surface area contributed by atoms with Gasteiger partial charge in [0.05, 0.1) is 11.0 Å². The quantitative estimate of drug-likeness (QED) is 0.224. The van der Waals surface area contributed by atoms with E-state index in [0.29, 0.717) is 37.0 Å². The Morgan fingerprint density at radius 3 is 2.18 bits per heavy atom. The minimum atomic E-state index is -3.84. The number of aromatic nitrogens is 2. The Bertz CT molecular complexity index is 1930. The van der Waals surface area contributed by atoms with E-state index >= 15 is 0 Å². The number of carbonyl (C=O) groups is 2. The van der Waals surface area contributed by atoms with Crippen LogP contribution in [0.15, 0.2) is 63.9 Å². The highest BCUT2D eigenvalue weighted by atomic mass is 32.2. The Labute approximate surface area is 294 Å². The fourth-order valence-corrected chi connectivity index (χ4v) is 10.2. The summed E-state index contributed by atoms with van der Waals surface area (Å²) >= 11 is 0. The lowest BCUT2D eigenvalue weighted by atomic mass is 9.70. The number of sulfonamides is 1. The summed E-state index contributed by atoms with van der Waals surface area (Å²) < 4.78 is 35.8. The number of rotatable bonds is 8. The van der Waals surface area contributed by atoms with Gasteiger partial charge < -0.3 is 19.0 Å². The molecule has 0 spiro atoms. The minimum absolute atomic E-state index is 0.0114. The molecule has 3 aliphatic rings. The zero-order valence-corrected chi connectivity index (χ0v) is 30.5. The number of furan rings is 1. The third-order valence-corrected chi connectivity index (χ3v) is 13.4. The van der Waals surface area contributed by atoms with Crippen molar-refractivity contribution in [3.8, 4) is 0 Å². The Morgan fingerprint density at radius 1 is 0.960 bits per heavy atom. The van der Waals surface area contributed by atoms with Crippen molar-refractivity contribution < 1.29 is 27.5 Å². The Morgan fingerprint density at radius 2 is 1.56 bits per heavy atom. The van der Waals surface area contributed by atoms with E-state index in [1.54, 1.807) is 13.8 Å². The number of para-hydroxylation sites is 2. The van der Waals surface area contributed by atoms with Gasteiger partial charge in [-0.1, -0.05) is 42.5 Å². The molecule has 7 rings (SSSR count). The van der Waals surface area contributed by atoms with Crippen LogP contribution in [-0.2, 0) is 20.2 Å². The molecule has 11 nitrogen and oxygen atoms in total. The summed E-state index contributed by atoms with van der Waals surface area (Å²) in [4.78, 5) is 31.8. The topological polar surface area (TPSA) is 129 Å². The van der Waals surface area contributed by atoms with Crippen molar-refractivity contribution >= 4 is 33.4 Å². The van der Waals surface area contributed by atoms with Gasteiger partial charge in [-0.3, -0.25) is 14.5 Å². The molecule has 2 aromatic carbocycles. The fourth-order valence-electron chi connectivity index (χ4n) is 8.96. The van der Waals surface area contributed by atoms with Crippen molar-refractivity contribution in [3.05, 3.63) is 83.1 Å². The second-order valence-electron chi connectivity index (χ2n) is 14.3. The number of hydrogen-bond acceptors (Lipinski definition) is 7. The summed E-state index contributed by atoms with van der Waals surface area (Å²) in [6, 6.07) is 20.9. The SMILES string of the molecule is Cc1oc(C)c(S(=O)(=O)N(C)C)c1C(=O)N1CCC(CCN2[C@@H]3CC[C@H]2CC(n2c(C)nc4ccccc42)C3)(c2ccccc2)CC1.O=CO. The smallest absolute Gasteiger partial charge is 0.290 e. The van der Waals surface area contributed by atoms with Gasteiger partial charge in [-0.05, 0) is 95.4 Å². The molecule has 3 atom stereocenters. The van der Waals surface area contributed by atoms with E-state index in [9.17, 15) is 13.2 Å². The van der Waals surface area contributed by atoms with Crippen LogP contribution in [0.3, 0.4) is 0 Å². The first-order valence-corrected chi connectivity index (χ1v) is 19.0. The first-order chi connectivity index (χ1) is 23.9. The Balaban J connectivity index is 0.00000139. The average molecular weight is 704 g/mol. The molecule has 50 heavy (non-hydrogen) atoms. The van der Waals surface area contributed by atoms with Gasteiger partial charge in [0, 0.05) is 45.3 Å². The lowest BCUT2D eigenvalue weighted by Crippen LogP contribution is -2.49. The number of carboxylic acid groups (broad SMARTS) is 1. The third-order valence-electron chi connectivity index (χ3n) is 11.4. The number of piperidine rings is 2. The second-order valence-corrected chi connectivity index (χ2v) is 16.4. The monoisotopic (exact) mass is 703 g/mol. The van der Waals surface area contributed by atoms with Crippen LogP contribution in [0.25, 0.3) is 11.0 Å². The minimum Gasteiger partial charge on any atom is -0.483 e. The van der Waals surface area contributed by atoms with E-state index in [-0.39, 0.29) is 34.0 Å². The van der Waals surface area contributed by atoms with E-state index in [0.717, 1.165) is 54.3 Å². The summed E-state index contributed by atoms with van der Waals surface area (Å²) in [5.74, 6) is 1.46. The van der Waals surface area contributed by atoms with Crippen molar-refractivity contribution in [2.24, 2.45) is 0 Å². The molecule has 2 aromatic heterocycles. The van der Waals surface area contributed by atoms with E-state index in [2.05, 4.69) is 71.0 Å². The zero-order valence-electron chi connectivity index (χ0n) is 29.7. The van der Waals surface area contributed by atoms with E-state index in [4.69, 9.17) is 19.3 Å². The van der Waals surface area contributed by atoms with Gasteiger partial charge in [0.2, 0.25) is 10.0 Å². The lowest BCUT2D eigenvalue weighted by Gasteiger charge is -2.45. The molecule has 1 amide bonds. The van der Waals surface area contributed by atoms with Crippen molar-refractivity contribution in [3.63, 3.8) is 0 Å². The normalized spacial score (nSPS) is 22.0. The molecule has 1 unspecified atom stereocenters. The first kappa shape index (κ1) is 35.8. The molecule has 12 heteroatoms. The highest BCUT2D eigenvalue weighted by Gasteiger charge is 2.45. The predicted octanol–water partition coefficient (Wildman–Crippen LogP) is 5.94. The van der Waals surface area contributed by atoms with Gasteiger partial charge in [-0.2, -0.15) is 0 Å². The van der Waals surface area contributed by atoms with Crippen LogP contribution in [0, 0.1) is 20.8 Å². The number of imidazole rings is 1. The lowest BCUT2D eigenvalue weighted by molar-refractivity contribution is -0.122. The van der Waals surface area contributed by atoms with E-state index < -0.39 is 10.0 Å². The average Bonchev–Trinajstić information content (AvgIpc) is 3.69. The van der Waals surface area contributed by atoms with Gasteiger partial charge in [-0.15, -0.1) is 0 Å². The molecule has 0 aliphatic carbocycles. The Hall–Kier alpha value is -4.00. The molecule has 5 heterocycles. The molecule has 1 N–H and O–H groups in total.